The molecule has 0 amide bonds. The quantitative estimate of drug-likeness (QED) is 0.218. The van der Waals surface area contributed by atoms with E-state index in [2.05, 4.69) is 25.3 Å². The molecule has 0 radical (unpaired) electrons. The molecule has 0 aromatic heterocycles. The van der Waals surface area contributed by atoms with Crippen LogP contribution in [0.25, 0.3) is 0 Å². The lowest BCUT2D eigenvalue weighted by atomic mass is 10.1. The van der Waals surface area contributed by atoms with Crippen LogP contribution in [0.1, 0.15) is 85.0 Å². The summed E-state index contributed by atoms with van der Waals surface area (Å²) in [4.78, 5) is 13.9. The summed E-state index contributed by atoms with van der Waals surface area (Å²) in [5.74, 6) is -0.263. The van der Waals surface area contributed by atoms with Gasteiger partial charge in [-0.3, -0.25) is 0 Å². The van der Waals surface area contributed by atoms with Crippen molar-refractivity contribution in [2.45, 2.75) is 85.0 Å². The number of carbonyl (C=O) groups is 1. The van der Waals surface area contributed by atoms with Gasteiger partial charge in [0.25, 0.3) is 0 Å². The van der Waals surface area contributed by atoms with Gasteiger partial charge in [0.2, 0.25) is 0 Å². The molecule has 0 aliphatic rings. The van der Waals surface area contributed by atoms with Gasteiger partial charge >= 0.3 is 5.97 Å². The zero-order chi connectivity index (χ0) is 17.3. The zero-order valence-electron chi connectivity index (χ0n) is 15.9. The van der Waals surface area contributed by atoms with Crippen LogP contribution in [-0.4, -0.2) is 37.1 Å². The molecule has 3 nitrogen and oxygen atoms in total. The average Bonchev–Trinajstić information content (AvgIpc) is 2.54. The third-order valence-corrected chi connectivity index (χ3v) is 4.11. The molecule has 0 heterocycles. The summed E-state index contributed by atoms with van der Waals surface area (Å²) >= 11 is 0. The largest absolute Gasteiger partial charge is 0.462 e. The molecule has 0 saturated carbocycles. The van der Waals surface area contributed by atoms with Crippen molar-refractivity contribution in [1.29, 1.82) is 0 Å². The molecular formula is C20H39NO2. The highest BCUT2D eigenvalue weighted by molar-refractivity contribution is 5.86. The van der Waals surface area contributed by atoms with E-state index in [-0.39, 0.29) is 5.97 Å². The maximum atomic E-state index is 11.3. The molecule has 0 spiro atoms. The predicted molar refractivity (Wildman–Crippen MR) is 99.7 cm³/mol. The lowest BCUT2D eigenvalue weighted by Gasteiger charge is -2.22. The Bertz CT molecular complexity index is 290. The summed E-state index contributed by atoms with van der Waals surface area (Å²) in [5, 5.41) is 0. The SMILES string of the molecule is C=C(C)C(=O)OCCCCN(CCCCCC)CCCCCC. The molecule has 0 unspecified atom stereocenters. The number of hydrogen-bond donors (Lipinski definition) is 0. The van der Waals surface area contributed by atoms with Crippen molar-refractivity contribution in [3.8, 4) is 0 Å². The van der Waals surface area contributed by atoms with Crippen molar-refractivity contribution in [1.82, 2.24) is 4.90 Å². The Labute approximate surface area is 144 Å². The van der Waals surface area contributed by atoms with Crippen LogP contribution in [0.5, 0.6) is 0 Å². The van der Waals surface area contributed by atoms with E-state index in [1.165, 1.54) is 64.5 Å². The van der Waals surface area contributed by atoms with E-state index in [4.69, 9.17) is 4.74 Å². The van der Waals surface area contributed by atoms with Gasteiger partial charge in [-0.15, -0.1) is 0 Å². The minimum absolute atomic E-state index is 0.263. The van der Waals surface area contributed by atoms with Crippen molar-refractivity contribution in [3.63, 3.8) is 0 Å². The van der Waals surface area contributed by atoms with E-state index in [1.54, 1.807) is 6.92 Å². The highest BCUT2D eigenvalue weighted by Crippen LogP contribution is 2.07. The predicted octanol–water partition coefficient (Wildman–Crippen LogP) is 5.35. The molecule has 0 aromatic carbocycles. The van der Waals surface area contributed by atoms with Crippen molar-refractivity contribution in [2.24, 2.45) is 0 Å². The molecule has 23 heavy (non-hydrogen) atoms. The molecule has 136 valence electrons. The lowest BCUT2D eigenvalue weighted by Crippen LogP contribution is -2.27. The minimum Gasteiger partial charge on any atom is -0.462 e. The van der Waals surface area contributed by atoms with Crippen LogP contribution >= 0.6 is 0 Å². The fraction of sp³-hybridized carbons (Fsp3) is 0.850. The maximum Gasteiger partial charge on any atom is 0.333 e. The summed E-state index contributed by atoms with van der Waals surface area (Å²) in [5.41, 5.74) is 0.485. The minimum atomic E-state index is -0.263. The third-order valence-electron chi connectivity index (χ3n) is 4.11. The molecule has 0 atom stereocenters. The second-order valence-electron chi connectivity index (χ2n) is 6.59. The van der Waals surface area contributed by atoms with Gasteiger partial charge in [0.05, 0.1) is 6.61 Å². The van der Waals surface area contributed by atoms with Crippen LogP contribution in [0.2, 0.25) is 0 Å². The number of unbranched alkanes of at least 4 members (excludes halogenated alkanes) is 7. The molecule has 0 saturated heterocycles. The van der Waals surface area contributed by atoms with Gasteiger partial charge in [-0.25, -0.2) is 4.79 Å². The van der Waals surface area contributed by atoms with Crippen LogP contribution in [0.3, 0.4) is 0 Å². The second-order valence-corrected chi connectivity index (χ2v) is 6.59. The van der Waals surface area contributed by atoms with E-state index in [9.17, 15) is 4.79 Å². The van der Waals surface area contributed by atoms with E-state index in [1.807, 2.05) is 0 Å². The van der Waals surface area contributed by atoms with Gasteiger partial charge in [0.1, 0.15) is 0 Å². The maximum absolute atomic E-state index is 11.3. The van der Waals surface area contributed by atoms with Gasteiger partial charge in [-0.1, -0.05) is 59.0 Å². The van der Waals surface area contributed by atoms with Gasteiger partial charge < -0.3 is 9.64 Å². The summed E-state index contributed by atoms with van der Waals surface area (Å²) < 4.78 is 5.15. The van der Waals surface area contributed by atoms with Crippen LogP contribution in [0.4, 0.5) is 0 Å². The number of carbonyl (C=O) groups excluding carboxylic acids is 1. The summed E-state index contributed by atoms with van der Waals surface area (Å²) in [6.07, 6.45) is 12.6. The Morgan fingerprint density at radius 3 is 1.74 bits per heavy atom. The van der Waals surface area contributed by atoms with Crippen molar-refractivity contribution >= 4 is 5.97 Å². The molecule has 0 aliphatic heterocycles. The van der Waals surface area contributed by atoms with E-state index in [0.29, 0.717) is 12.2 Å². The van der Waals surface area contributed by atoms with Crippen LogP contribution in [0, 0.1) is 0 Å². The average molecular weight is 326 g/mol. The molecule has 0 aliphatic carbocycles. The van der Waals surface area contributed by atoms with E-state index in [0.717, 1.165) is 19.4 Å². The summed E-state index contributed by atoms with van der Waals surface area (Å²) in [6, 6.07) is 0. The first kappa shape index (κ1) is 22.2. The summed E-state index contributed by atoms with van der Waals surface area (Å²) in [6.45, 7) is 13.9. The molecule has 0 fully saturated rings. The molecule has 3 heteroatoms. The molecule has 0 bridgehead atoms. The fourth-order valence-electron chi connectivity index (χ4n) is 2.59. The lowest BCUT2D eigenvalue weighted by molar-refractivity contribution is -0.139. The normalized spacial score (nSPS) is 11.0. The number of esters is 1. The van der Waals surface area contributed by atoms with Crippen molar-refractivity contribution < 1.29 is 9.53 Å². The van der Waals surface area contributed by atoms with Crippen LogP contribution < -0.4 is 0 Å². The van der Waals surface area contributed by atoms with Gasteiger partial charge in [0.15, 0.2) is 0 Å². The Morgan fingerprint density at radius 2 is 1.30 bits per heavy atom. The van der Waals surface area contributed by atoms with Crippen molar-refractivity contribution in [3.05, 3.63) is 12.2 Å². The monoisotopic (exact) mass is 325 g/mol. The van der Waals surface area contributed by atoms with Gasteiger partial charge in [0, 0.05) is 5.57 Å². The van der Waals surface area contributed by atoms with Crippen LogP contribution in [-0.2, 0) is 9.53 Å². The smallest absolute Gasteiger partial charge is 0.333 e. The Morgan fingerprint density at radius 1 is 0.826 bits per heavy atom. The first-order chi connectivity index (χ1) is 11.1. The highest BCUT2D eigenvalue weighted by atomic mass is 16.5. The molecule has 0 aromatic rings. The highest BCUT2D eigenvalue weighted by Gasteiger charge is 2.06. The first-order valence-electron chi connectivity index (χ1n) is 9.66. The van der Waals surface area contributed by atoms with Gasteiger partial charge in [-0.2, -0.15) is 0 Å². The standard InChI is InChI=1S/C20H39NO2/c1-5-7-9-11-15-21(16-12-10-8-6-2)17-13-14-18-23-20(22)19(3)4/h3,5-18H2,1-2,4H3. The Hall–Kier alpha value is -0.830. The van der Waals surface area contributed by atoms with E-state index < -0.39 is 0 Å². The topological polar surface area (TPSA) is 29.5 Å². The second kappa shape index (κ2) is 16.0. The van der Waals surface area contributed by atoms with Crippen molar-refractivity contribution in [2.75, 3.05) is 26.2 Å². The molecule has 0 N–H and O–H groups in total. The third kappa shape index (κ3) is 14.5. The number of nitrogens with zero attached hydrogens (tertiary/aromatic N) is 1. The number of hydrogen-bond acceptors (Lipinski definition) is 3. The van der Waals surface area contributed by atoms with Crippen LogP contribution in [0.15, 0.2) is 12.2 Å². The van der Waals surface area contributed by atoms with E-state index >= 15 is 0 Å². The fourth-order valence-corrected chi connectivity index (χ4v) is 2.59. The molecular weight excluding hydrogens is 286 g/mol. The zero-order valence-corrected chi connectivity index (χ0v) is 15.9. The number of rotatable bonds is 16. The molecule has 0 rings (SSSR count). The first-order valence-corrected chi connectivity index (χ1v) is 9.66. The number of ether oxygens (including phenoxy) is 1. The Kier molecular flexibility index (Phi) is 15.5. The summed E-state index contributed by atoms with van der Waals surface area (Å²) in [7, 11) is 0. The van der Waals surface area contributed by atoms with Gasteiger partial charge in [-0.05, 0) is 52.2 Å². The Balaban J connectivity index is 3.84.